The highest BCUT2D eigenvalue weighted by Gasteiger charge is 2.05. The lowest BCUT2D eigenvalue weighted by Gasteiger charge is -2.09. The molecule has 5 heteroatoms. The standard InChI is InChI=1S/C13H11FN4/c14-9-2-1-3-11(13(9)15)18-8-4-5-10-12(6-8)17-7-16-10/h1-7,18H,15H2,(H,16,17). The SMILES string of the molecule is Nc1c(F)cccc1Nc1ccc2nc[nH]c2c1. The molecule has 0 aliphatic rings. The van der Waals surface area contributed by atoms with E-state index in [1.807, 2.05) is 18.2 Å². The average molecular weight is 242 g/mol. The molecule has 0 bridgehead atoms. The van der Waals surface area contributed by atoms with Crippen molar-refractivity contribution in [1.29, 1.82) is 0 Å². The number of imidazole rings is 1. The van der Waals surface area contributed by atoms with E-state index in [-0.39, 0.29) is 5.69 Å². The normalized spacial score (nSPS) is 10.7. The van der Waals surface area contributed by atoms with Crippen molar-refractivity contribution in [3.8, 4) is 0 Å². The van der Waals surface area contributed by atoms with E-state index in [1.165, 1.54) is 6.07 Å². The number of anilines is 3. The van der Waals surface area contributed by atoms with Crippen LogP contribution in [0, 0.1) is 5.82 Å². The van der Waals surface area contributed by atoms with Crippen molar-refractivity contribution in [1.82, 2.24) is 9.97 Å². The van der Waals surface area contributed by atoms with E-state index >= 15 is 0 Å². The molecule has 0 radical (unpaired) electrons. The number of nitrogens with zero attached hydrogens (tertiary/aromatic N) is 1. The van der Waals surface area contributed by atoms with Crippen LogP contribution >= 0.6 is 0 Å². The van der Waals surface area contributed by atoms with Crippen LogP contribution in [0.5, 0.6) is 0 Å². The van der Waals surface area contributed by atoms with Crippen molar-refractivity contribution >= 4 is 28.1 Å². The largest absolute Gasteiger partial charge is 0.395 e. The van der Waals surface area contributed by atoms with Gasteiger partial charge in [-0.05, 0) is 30.3 Å². The second-order valence-corrected chi connectivity index (χ2v) is 3.96. The van der Waals surface area contributed by atoms with Crippen molar-refractivity contribution in [2.75, 3.05) is 11.1 Å². The van der Waals surface area contributed by atoms with Crippen LogP contribution in [-0.2, 0) is 0 Å². The highest BCUT2D eigenvalue weighted by molar-refractivity contribution is 5.82. The van der Waals surface area contributed by atoms with E-state index in [0.29, 0.717) is 5.69 Å². The molecule has 0 aliphatic carbocycles. The molecule has 0 spiro atoms. The lowest BCUT2D eigenvalue weighted by atomic mass is 10.2. The van der Waals surface area contributed by atoms with Crippen molar-refractivity contribution in [2.24, 2.45) is 0 Å². The lowest BCUT2D eigenvalue weighted by Crippen LogP contribution is -1.98. The Labute approximate surface area is 103 Å². The van der Waals surface area contributed by atoms with Gasteiger partial charge in [0.25, 0.3) is 0 Å². The molecule has 2 aromatic carbocycles. The van der Waals surface area contributed by atoms with Gasteiger partial charge in [-0.2, -0.15) is 0 Å². The monoisotopic (exact) mass is 242 g/mol. The lowest BCUT2D eigenvalue weighted by molar-refractivity contribution is 0.633. The number of H-pyrrole nitrogens is 1. The third kappa shape index (κ3) is 1.75. The molecule has 90 valence electrons. The Balaban J connectivity index is 1.98. The van der Waals surface area contributed by atoms with E-state index in [0.717, 1.165) is 16.7 Å². The van der Waals surface area contributed by atoms with Gasteiger partial charge in [0.2, 0.25) is 0 Å². The zero-order valence-electron chi connectivity index (χ0n) is 9.44. The Bertz CT molecular complexity index is 705. The number of hydrogen-bond donors (Lipinski definition) is 3. The second-order valence-electron chi connectivity index (χ2n) is 3.96. The number of fused-ring (bicyclic) bond motifs is 1. The molecular formula is C13H11FN4. The zero-order valence-corrected chi connectivity index (χ0v) is 9.44. The quantitative estimate of drug-likeness (QED) is 0.605. The fraction of sp³-hybridized carbons (Fsp3) is 0. The summed E-state index contributed by atoms with van der Waals surface area (Å²) in [5, 5.41) is 3.08. The summed E-state index contributed by atoms with van der Waals surface area (Å²) >= 11 is 0. The van der Waals surface area contributed by atoms with Gasteiger partial charge in [0, 0.05) is 5.69 Å². The first kappa shape index (κ1) is 10.6. The van der Waals surface area contributed by atoms with Crippen LogP contribution in [0.25, 0.3) is 11.0 Å². The number of benzene rings is 2. The molecule has 3 rings (SSSR count). The van der Waals surface area contributed by atoms with Gasteiger partial charge >= 0.3 is 0 Å². The molecule has 0 unspecified atom stereocenters. The number of nitrogen functional groups attached to an aromatic ring is 1. The van der Waals surface area contributed by atoms with Crippen LogP contribution in [0.3, 0.4) is 0 Å². The molecule has 0 fully saturated rings. The maximum absolute atomic E-state index is 13.3. The summed E-state index contributed by atoms with van der Waals surface area (Å²) in [7, 11) is 0. The summed E-state index contributed by atoms with van der Waals surface area (Å²) in [4.78, 5) is 7.15. The van der Waals surface area contributed by atoms with Gasteiger partial charge < -0.3 is 16.0 Å². The van der Waals surface area contributed by atoms with E-state index in [2.05, 4.69) is 15.3 Å². The number of aromatic nitrogens is 2. The Morgan fingerprint density at radius 2 is 2.11 bits per heavy atom. The van der Waals surface area contributed by atoms with Crippen LogP contribution in [0.15, 0.2) is 42.7 Å². The van der Waals surface area contributed by atoms with Crippen LogP contribution in [0.4, 0.5) is 21.5 Å². The van der Waals surface area contributed by atoms with Gasteiger partial charge in [0.15, 0.2) is 0 Å². The minimum absolute atomic E-state index is 0.113. The number of rotatable bonds is 2. The van der Waals surface area contributed by atoms with Crippen LogP contribution in [0.2, 0.25) is 0 Å². The highest BCUT2D eigenvalue weighted by atomic mass is 19.1. The van der Waals surface area contributed by atoms with E-state index in [4.69, 9.17) is 5.73 Å². The van der Waals surface area contributed by atoms with Crippen LogP contribution in [-0.4, -0.2) is 9.97 Å². The summed E-state index contributed by atoms with van der Waals surface area (Å²) in [5.74, 6) is -0.428. The van der Waals surface area contributed by atoms with Crippen LogP contribution < -0.4 is 11.1 Å². The predicted octanol–water partition coefficient (Wildman–Crippen LogP) is 3.03. The molecule has 0 saturated heterocycles. The summed E-state index contributed by atoms with van der Waals surface area (Å²) in [6.45, 7) is 0. The molecule has 4 N–H and O–H groups in total. The number of aromatic amines is 1. The summed E-state index contributed by atoms with van der Waals surface area (Å²) < 4.78 is 13.3. The van der Waals surface area contributed by atoms with Crippen LogP contribution in [0.1, 0.15) is 0 Å². The molecule has 0 amide bonds. The smallest absolute Gasteiger partial charge is 0.148 e. The molecule has 0 aliphatic heterocycles. The van der Waals surface area contributed by atoms with Crippen molar-refractivity contribution in [2.45, 2.75) is 0 Å². The molecule has 3 aromatic rings. The number of nitrogens with two attached hydrogens (primary N) is 1. The van der Waals surface area contributed by atoms with Gasteiger partial charge in [0.05, 0.1) is 28.7 Å². The molecule has 1 aromatic heterocycles. The van der Waals surface area contributed by atoms with E-state index in [1.54, 1.807) is 18.5 Å². The Morgan fingerprint density at radius 3 is 3.00 bits per heavy atom. The zero-order chi connectivity index (χ0) is 12.5. The first-order valence-corrected chi connectivity index (χ1v) is 5.48. The molecule has 18 heavy (non-hydrogen) atoms. The first-order chi connectivity index (χ1) is 8.74. The van der Waals surface area contributed by atoms with Crippen molar-refractivity contribution < 1.29 is 4.39 Å². The van der Waals surface area contributed by atoms with E-state index in [9.17, 15) is 4.39 Å². The number of hydrogen-bond acceptors (Lipinski definition) is 3. The second kappa shape index (κ2) is 4.03. The third-order valence-corrected chi connectivity index (χ3v) is 2.75. The fourth-order valence-corrected chi connectivity index (χ4v) is 1.81. The minimum atomic E-state index is -0.428. The predicted molar refractivity (Wildman–Crippen MR) is 70.2 cm³/mol. The van der Waals surface area contributed by atoms with Gasteiger partial charge in [0.1, 0.15) is 5.82 Å². The maximum atomic E-state index is 13.3. The molecule has 0 saturated carbocycles. The Morgan fingerprint density at radius 1 is 1.22 bits per heavy atom. The van der Waals surface area contributed by atoms with Crippen molar-refractivity contribution in [3.63, 3.8) is 0 Å². The molecule has 0 atom stereocenters. The molecular weight excluding hydrogens is 231 g/mol. The molecule has 4 nitrogen and oxygen atoms in total. The van der Waals surface area contributed by atoms with Crippen molar-refractivity contribution in [3.05, 3.63) is 48.5 Å². The molecule has 1 heterocycles. The highest BCUT2D eigenvalue weighted by Crippen LogP contribution is 2.26. The van der Waals surface area contributed by atoms with E-state index < -0.39 is 5.82 Å². The first-order valence-electron chi connectivity index (χ1n) is 5.48. The number of halogens is 1. The Kier molecular flexibility index (Phi) is 2.37. The topological polar surface area (TPSA) is 66.7 Å². The Hall–Kier alpha value is -2.56. The minimum Gasteiger partial charge on any atom is -0.395 e. The fourth-order valence-electron chi connectivity index (χ4n) is 1.81. The summed E-state index contributed by atoms with van der Waals surface area (Å²) in [6, 6.07) is 10.3. The van der Waals surface area contributed by atoms with Gasteiger partial charge in [-0.15, -0.1) is 0 Å². The summed E-state index contributed by atoms with van der Waals surface area (Å²) in [5.41, 5.74) is 8.95. The van der Waals surface area contributed by atoms with Gasteiger partial charge in [-0.3, -0.25) is 0 Å². The third-order valence-electron chi connectivity index (χ3n) is 2.75. The van der Waals surface area contributed by atoms with Gasteiger partial charge in [-0.25, -0.2) is 9.37 Å². The van der Waals surface area contributed by atoms with Gasteiger partial charge in [-0.1, -0.05) is 6.07 Å². The average Bonchev–Trinajstić information content (AvgIpc) is 2.82. The summed E-state index contributed by atoms with van der Waals surface area (Å²) in [6.07, 6.45) is 1.63. The maximum Gasteiger partial charge on any atom is 0.148 e. The number of para-hydroxylation sites is 1. The number of nitrogens with one attached hydrogen (secondary N) is 2.